The second kappa shape index (κ2) is 7.72. The molecule has 4 nitrogen and oxygen atoms in total. The zero-order valence-electron chi connectivity index (χ0n) is 9.46. The van der Waals surface area contributed by atoms with Crippen molar-refractivity contribution in [3.05, 3.63) is 22.3 Å². The molecule has 0 aliphatic carbocycles. The van der Waals surface area contributed by atoms with Gasteiger partial charge in [0.2, 0.25) is 0 Å². The van der Waals surface area contributed by atoms with Crippen LogP contribution in [-0.4, -0.2) is 32.6 Å². The smallest absolute Gasteiger partial charge is 0.165 e. The molecule has 0 aliphatic heterocycles. The number of pyridine rings is 1. The van der Waals surface area contributed by atoms with Crippen LogP contribution < -0.4 is 5.43 Å². The number of hydrogen-bond acceptors (Lipinski definition) is 4. The molecular formula is C10H10Cl5N3O. The van der Waals surface area contributed by atoms with Gasteiger partial charge < -0.3 is 5.11 Å². The van der Waals surface area contributed by atoms with Crippen molar-refractivity contribution in [3.63, 3.8) is 0 Å². The molecule has 1 atom stereocenters. The van der Waals surface area contributed by atoms with Gasteiger partial charge in [-0.3, -0.25) is 5.43 Å². The zero-order valence-corrected chi connectivity index (χ0v) is 13.2. The van der Waals surface area contributed by atoms with Gasteiger partial charge in [0.1, 0.15) is 0 Å². The molecule has 19 heavy (non-hydrogen) atoms. The number of anilines is 1. The lowest BCUT2D eigenvalue weighted by molar-refractivity contribution is 0.288. The van der Waals surface area contributed by atoms with E-state index in [9.17, 15) is 0 Å². The second-order valence-electron chi connectivity index (χ2n) is 3.60. The van der Waals surface area contributed by atoms with Crippen LogP contribution in [0.3, 0.4) is 0 Å². The van der Waals surface area contributed by atoms with Gasteiger partial charge in [-0.25, -0.2) is 4.98 Å². The van der Waals surface area contributed by atoms with Crippen molar-refractivity contribution < 1.29 is 5.11 Å². The van der Waals surface area contributed by atoms with Crippen molar-refractivity contribution in [1.82, 2.24) is 4.98 Å². The van der Waals surface area contributed by atoms with E-state index in [1.54, 1.807) is 0 Å². The Bertz CT molecular complexity index is 455. The molecule has 0 amide bonds. The summed E-state index contributed by atoms with van der Waals surface area (Å²) in [4.78, 5) is 3.93. The molecule has 2 N–H and O–H groups in total. The summed E-state index contributed by atoms with van der Waals surface area (Å²) in [6.07, 6.45) is 2.80. The summed E-state index contributed by atoms with van der Waals surface area (Å²) in [6.45, 7) is -0.228. The molecule has 1 unspecified atom stereocenters. The Labute approximate surface area is 135 Å². The first kappa shape index (κ1) is 17.1. The molecule has 0 radical (unpaired) electrons. The van der Waals surface area contributed by atoms with Gasteiger partial charge in [-0.15, -0.1) is 11.6 Å². The van der Waals surface area contributed by atoms with E-state index in [4.69, 9.17) is 63.1 Å². The molecule has 0 saturated carbocycles. The van der Waals surface area contributed by atoms with Crippen LogP contribution in [0.4, 0.5) is 5.82 Å². The minimum absolute atomic E-state index is 0.140. The third-order valence-electron chi connectivity index (χ3n) is 1.92. The first-order chi connectivity index (χ1) is 8.84. The fraction of sp³-hybridized carbons (Fsp3) is 0.400. The number of nitrogens with one attached hydrogen (secondary N) is 1. The number of halogens is 5. The fourth-order valence-electron chi connectivity index (χ4n) is 1.10. The minimum atomic E-state index is -1.30. The summed E-state index contributed by atoms with van der Waals surface area (Å²) in [6, 6.07) is 1.52. The van der Waals surface area contributed by atoms with Crippen molar-refractivity contribution in [2.75, 3.05) is 12.0 Å². The van der Waals surface area contributed by atoms with Gasteiger partial charge in [-0.2, -0.15) is 5.10 Å². The number of alkyl halides is 3. The lowest BCUT2D eigenvalue weighted by atomic mass is 10.2. The van der Waals surface area contributed by atoms with Crippen LogP contribution in [0.25, 0.3) is 0 Å². The van der Waals surface area contributed by atoms with Crippen LogP contribution in [0.5, 0.6) is 0 Å². The normalized spacial score (nSPS) is 13.8. The lowest BCUT2D eigenvalue weighted by Crippen LogP contribution is -2.23. The van der Waals surface area contributed by atoms with E-state index in [1.165, 1.54) is 18.5 Å². The van der Waals surface area contributed by atoms with Crippen molar-refractivity contribution in [1.29, 1.82) is 0 Å². The Morgan fingerprint density at radius 3 is 2.74 bits per heavy atom. The van der Waals surface area contributed by atoms with E-state index in [2.05, 4.69) is 15.5 Å². The predicted molar refractivity (Wildman–Crippen MR) is 82.2 cm³/mol. The summed E-state index contributed by atoms with van der Waals surface area (Å²) >= 11 is 29.2. The number of aromatic nitrogens is 1. The standard InChI is InChI=1S/C10H10Cl5N3O/c11-6-1-8(13)9(16-3-6)18-17-5-10(14,15)2-7(12)4-19/h1,3,5,7,19H,2,4H2,(H,16,18)/b17-5+. The molecule has 0 bridgehead atoms. The van der Waals surface area contributed by atoms with Gasteiger partial charge in [0, 0.05) is 12.6 Å². The zero-order chi connectivity index (χ0) is 14.5. The van der Waals surface area contributed by atoms with Gasteiger partial charge in [-0.1, -0.05) is 46.4 Å². The highest BCUT2D eigenvalue weighted by molar-refractivity contribution is 6.56. The summed E-state index contributed by atoms with van der Waals surface area (Å²) in [5, 5.41) is 12.8. The van der Waals surface area contributed by atoms with E-state index < -0.39 is 9.71 Å². The highest BCUT2D eigenvalue weighted by Crippen LogP contribution is 2.27. The molecular weight excluding hydrogens is 355 g/mol. The Hall–Kier alpha value is 0.0300. The maximum Gasteiger partial charge on any atom is 0.165 e. The summed E-state index contributed by atoms with van der Waals surface area (Å²) in [5.74, 6) is 0.316. The molecule has 1 aromatic heterocycles. The first-order valence-corrected chi connectivity index (χ1v) is 7.03. The quantitative estimate of drug-likeness (QED) is 0.456. The van der Waals surface area contributed by atoms with Crippen LogP contribution in [0.1, 0.15) is 6.42 Å². The number of hydrogen-bond donors (Lipinski definition) is 2. The largest absolute Gasteiger partial charge is 0.395 e. The Morgan fingerprint density at radius 2 is 2.16 bits per heavy atom. The lowest BCUT2D eigenvalue weighted by Gasteiger charge is -2.16. The van der Waals surface area contributed by atoms with E-state index in [0.717, 1.165) is 0 Å². The average molecular weight is 365 g/mol. The summed E-state index contributed by atoms with van der Waals surface area (Å²) < 4.78 is -1.30. The van der Waals surface area contributed by atoms with Gasteiger partial charge in [0.05, 0.1) is 28.2 Å². The van der Waals surface area contributed by atoms with Gasteiger partial charge in [0.25, 0.3) is 0 Å². The summed E-state index contributed by atoms with van der Waals surface area (Å²) in [5.41, 5.74) is 2.58. The van der Waals surface area contributed by atoms with Gasteiger partial charge in [-0.05, 0) is 6.07 Å². The number of rotatable bonds is 6. The number of nitrogens with zero attached hydrogens (tertiary/aromatic N) is 2. The molecule has 1 rings (SSSR count). The highest BCUT2D eigenvalue weighted by atomic mass is 35.5. The predicted octanol–water partition coefficient (Wildman–Crippen LogP) is 3.95. The molecule has 0 spiro atoms. The van der Waals surface area contributed by atoms with Crippen LogP contribution in [0.2, 0.25) is 10.0 Å². The van der Waals surface area contributed by atoms with Crippen LogP contribution in [0.15, 0.2) is 17.4 Å². The number of aliphatic hydroxyl groups excluding tert-OH is 1. The molecule has 0 aliphatic rings. The molecule has 0 fully saturated rings. The molecule has 0 aromatic carbocycles. The molecule has 0 saturated heterocycles. The molecule has 106 valence electrons. The minimum Gasteiger partial charge on any atom is -0.395 e. The monoisotopic (exact) mass is 363 g/mol. The van der Waals surface area contributed by atoms with E-state index in [-0.39, 0.29) is 13.0 Å². The van der Waals surface area contributed by atoms with Crippen LogP contribution in [-0.2, 0) is 0 Å². The van der Waals surface area contributed by atoms with E-state index >= 15 is 0 Å². The van der Waals surface area contributed by atoms with Crippen LogP contribution in [0, 0.1) is 0 Å². The second-order valence-corrected chi connectivity index (χ2v) is 6.60. The molecule has 9 heteroatoms. The third kappa shape index (κ3) is 6.34. The molecule has 1 aromatic rings. The highest BCUT2D eigenvalue weighted by Gasteiger charge is 2.25. The number of hydrazone groups is 1. The van der Waals surface area contributed by atoms with Gasteiger partial charge >= 0.3 is 0 Å². The maximum absolute atomic E-state index is 8.81. The van der Waals surface area contributed by atoms with Crippen molar-refractivity contribution >= 4 is 70.0 Å². The SMILES string of the molecule is OCC(Cl)CC(Cl)(Cl)/C=N/Nc1ncc(Cl)cc1Cl. The Balaban J connectivity index is 2.62. The topological polar surface area (TPSA) is 57.5 Å². The molecule has 1 heterocycles. The first-order valence-electron chi connectivity index (χ1n) is 5.08. The van der Waals surface area contributed by atoms with Gasteiger partial charge in [0.15, 0.2) is 10.2 Å². The Morgan fingerprint density at radius 1 is 1.47 bits per heavy atom. The van der Waals surface area contributed by atoms with Crippen LogP contribution >= 0.6 is 58.0 Å². The van der Waals surface area contributed by atoms with E-state index in [1.807, 2.05) is 0 Å². The number of aliphatic hydroxyl groups is 1. The maximum atomic E-state index is 8.81. The third-order valence-corrected chi connectivity index (χ3v) is 3.21. The fourth-order valence-corrected chi connectivity index (χ4v) is 2.39. The average Bonchev–Trinajstić information content (AvgIpc) is 2.31. The van der Waals surface area contributed by atoms with Crippen molar-refractivity contribution in [3.8, 4) is 0 Å². The Kier molecular flexibility index (Phi) is 6.94. The van der Waals surface area contributed by atoms with E-state index in [0.29, 0.717) is 15.9 Å². The van der Waals surface area contributed by atoms with Crippen molar-refractivity contribution in [2.24, 2.45) is 5.10 Å². The van der Waals surface area contributed by atoms with Crippen molar-refractivity contribution in [2.45, 2.75) is 16.1 Å². The summed E-state index contributed by atoms with van der Waals surface area (Å²) in [7, 11) is 0.